The molecule has 3 amide bonds. The molecule has 0 aromatic heterocycles. The van der Waals surface area contributed by atoms with Gasteiger partial charge in [0.25, 0.3) is 0 Å². The summed E-state index contributed by atoms with van der Waals surface area (Å²) in [5.74, 6) is 0.937. The molecular formula is C20H39N3O3. The third kappa shape index (κ3) is 11.1. The van der Waals surface area contributed by atoms with Crippen molar-refractivity contribution in [3.63, 3.8) is 0 Å². The number of hydrogen-bond donors (Lipinski definition) is 2. The maximum absolute atomic E-state index is 11.5. The molecule has 0 aromatic carbocycles. The molecule has 2 N–H and O–H groups in total. The van der Waals surface area contributed by atoms with Crippen LogP contribution in [0.5, 0.6) is 0 Å². The molecule has 1 aliphatic carbocycles. The van der Waals surface area contributed by atoms with Crippen molar-refractivity contribution in [2.24, 2.45) is 11.8 Å². The predicted octanol–water partition coefficient (Wildman–Crippen LogP) is 2.72. The van der Waals surface area contributed by atoms with E-state index in [2.05, 4.69) is 10.6 Å². The van der Waals surface area contributed by atoms with E-state index >= 15 is 0 Å². The summed E-state index contributed by atoms with van der Waals surface area (Å²) in [6.45, 7) is 9.28. The first-order chi connectivity index (χ1) is 12.4. The highest BCUT2D eigenvalue weighted by Crippen LogP contribution is 2.22. The van der Waals surface area contributed by atoms with Crippen LogP contribution < -0.4 is 10.6 Å². The van der Waals surface area contributed by atoms with Crippen molar-refractivity contribution in [2.45, 2.75) is 72.6 Å². The van der Waals surface area contributed by atoms with Gasteiger partial charge in [-0.25, -0.2) is 0 Å². The number of nitrogens with one attached hydrogen (secondary N) is 2. The van der Waals surface area contributed by atoms with Gasteiger partial charge in [0.05, 0.1) is 5.92 Å². The van der Waals surface area contributed by atoms with Gasteiger partial charge in [-0.3, -0.25) is 14.4 Å². The Morgan fingerprint density at radius 1 is 0.923 bits per heavy atom. The summed E-state index contributed by atoms with van der Waals surface area (Å²) in [4.78, 5) is 34.5. The minimum Gasteiger partial charge on any atom is -0.356 e. The summed E-state index contributed by atoms with van der Waals surface area (Å²) in [7, 11) is 1.81. The van der Waals surface area contributed by atoms with E-state index in [1.54, 1.807) is 11.8 Å². The number of nitrogens with zero attached hydrogens (tertiary/aromatic N) is 1. The number of hydrogen-bond acceptors (Lipinski definition) is 3. The maximum atomic E-state index is 11.5. The fraction of sp³-hybridized carbons (Fsp3) is 0.850. The lowest BCUT2D eigenvalue weighted by atomic mass is 9.89. The van der Waals surface area contributed by atoms with Crippen LogP contribution in [0.25, 0.3) is 0 Å². The van der Waals surface area contributed by atoms with E-state index in [0.29, 0.717) is 6.54 Å². The van der Waals surface area contributed by atoms with Crippen LogP contribution in [0.2, 0.25) is 0 Å². The van der Waals surface area contributed by atoms with Crippen LogP contribution in [-0.2, 0) is 14.4 Å². The SMILES string of the molecule is CC.CC(=O)NCC1CCCCC1.CC(=O)NCC1CCCN(C)C1=O. The second kappa shape index (κ2) is 14.6. The van der Waals surface area contributed by atoms with E-state index in [1.165, 1.54) is 39.0 Å². The van der Waals surface area contributed by atoms with Crippen molar-refractivity contribution >= 4 is 17.7 Å². The van der Waals surface area contributed by atoms with Gasteiger partial charge in [0, 0.05) is 40.5 Å². The first-order valence-corrected chi connectivity index (χ1v) is 10.1. The van der Waals surface area contributed by atoms with E-state index < -0.39 is 0 Å². The Kier molecular flexibility index (Phi) is 13.7. The molecule has 1 unspecified atom stereocenters. The first-order valence-electron chi connectivity index (χ1n) is 10.1. The Labute approximate surface area is 159 Å². The molecule has 2 rings (SSSR count). The van der Waals surface area contributed by atoms with Gasteiger partial charge in [-0.1, -0.05) is 33.1 Å². The fourth-order valence-electron chi connectivity index (χ4n) is 3.26. The number of carbonyl (C=O) groups is 3. The van der Waals surface area contributed by atoms with Gasteiger partial charge in [0.1, 0.15) is 0 Å². The minimum atomic E-state index is -0.0685. The van der Waals surface area contributed by atoms with Crippen molar-refractivity contribution < 1.29 is 14.4 Å². The molecule has 2 fully saturated rings. The van der Waals surface area contributed by atoms with Crippen molar-refractivity contribution in [1.82, 2.24) is 15.5 Å². The van der Waals surface area contributed by atoms with E-state index in [4.69, 9.17) is 0 Å². The quantitative estimate of drug-likeness (QED) is 0.800. The molecule has 1 atom stereocenters. The summed E-state index contributed by atoms with van der Waals surface area (Å²) >= 11 is 0. The van der Waals surface area contributed by atoms with Crippen LogP contribution in [-0.4, -0.2) is 49.3 Å². The molecule has 1 aliphatic heterocycles. The van der Waals surface area contributed by atoms with Crippen LogP contribution in [0, 0.1) is 11.8 Å². The molecule has 1 saturated carbocycles. The molecule has 0 bridgehead atoms. The monoisotopic (exact) mass is 369 g/mol. The summed E-state index contributed by atoms with van der Waals surface area (Å²) in [6, 6.07) is 0. The zero-order valence-electron chi connectivity index (χ0n) is 17.4. The summed E-state index contributed by atoms with van der Waals surface area (Å²) in [5.41, 5.74) is 0. The van der Waals surface area contributed by atoms with Crippen LogP contribution in [0.4, 0.5) is 0 Å². The fourth-order valence-corrected chi connectivity index (χ4v) is 3.26. The summed E-state index contributed by atoms with van der Waals surface area (Å²) < 4.78 is 0. The molecule has 0 spiro atoms. The first kappa shape index (κ1) is 24.4. The lowest BCUT2D eigenvalue weighted by Gasteiger charge is -2.29. The van der Waals surface area contributed by atoms with E-state index in [-0.39, 0.29) is 23.6 Å². The van der Waals surface area contributed by atoms with Crippen molar-refractivity contribution in [2.75, 3.05) is 26.7 Å². The molecular weight excluding hydrogens is 330 g/mol. The zero-order chi connectivity index (χ0) is 19.9. The number of likely N-dealkylation sites (tertiary alicyclic amines) is 1. The molecule has 152 valence electrons. The van der Waals surface area contributed by atoms with Gasteiger partial charge < -0.3 is 15.5 Å². The van der Waals surface area contributed by atoms with Crippen molar-refractivity contribution in [3.05, 3.63) is 0 Å². The topological polar surface area (TPSA) is 78.5 Å². The van der Waals surface area contributed by atoms with Crippen LogP contribution in [0.1, 0.15) is 72.6 Å². The predicted molar refractivity (Wildman–Crippen MR) is 106 cm³/mol. The third-order valence-electron chi connectivity index (χ3n) is 4.73. The molecule has 1 saturated heterocycles. The van der Waals surface area contributed by atoms with Gasteiger partial charge in [-0.05, 0) is 31.6 Å². The normalized spacial score (nSPS) is 20.1. The van der Waals surface area contributed by atoms with E-state index in [9.17, 15) is 14.4 Å². The molecule has 1 heterocycles. The Bertz CT molecular complexity index is 421. The average molecular weight is 370 g/mol. The lowest BCUT2D eigenvalue weighted by molar-refractivity contribution is -0.136. The minimum absolute atomic E-state index is 0.0114. The highest BCUT2D eigenvalue weighted by molar-refractivity contribution is 5.80. The second-order valence-corrected chi connectivity index (χ2v) is 6.98. The summed E-state index contributed by atoms with van der Waals surface area (Å²) in [5, 5.41) is 5.56. The molecule has 0 aromatic rings. The maximum Gasteiger partial charge on any atom is 0.227 e. The molecule has 26 heavy (non-hydrogen) atoms. The van der Waals surface area contributed by atoms with Gasteiger partial charge >= 0.3 is 0 Å². The Hall–Kier alpha value is -1.59. The Morgan fingerprint density at radius 2 is 1.46 bits per heavy atom. The standard InChI is InChI=1S/C9H16N2O2.C9H17NO.C2H6/c1-7(12)10-6-8-4-3-5-11(2)9(8)13;1-8(11)10-7-9-5-3-2-4-6-9;1-2/h8H,3-6H2,1-2H3,(H,10,12);9H,2-7H2,1H3,(H,10,11);1-2H3. The molecule has 6 nitrogen and oxygen atoms in total. The Morgan fingerprint density at radius 3 is 2.00 bits per heavy atom. The molecule has 2 aliphatic rings. The Balaban J connectivity index is 0.000000444. The largest absolute Gasteiger partial charge is 0.356 e. The lowest BCUT2D eigenvalue weighted by Crippen LogP contribution is -2.43. The van der Waals surface area contributed by atoms with E-state index in [1.807, 2.05) is 20.9 Å². The van der Waals surface area contributed by atoms with Crippen molar-refractivity contribution in [3.8, 4) is 0 Å². The number of piperidine rings is 1. The summed E-state index contributed by atoms with van der Waals surface area (Å²) in [6.07, 6.45) is 8.63. The zero-order valence-corrected chi connectivity index (χ0v) is 17.4. The molecule has 6 heteroatoms. The number of amides is 3. The average Bonchev–Trinajstić information content (AvgIpc) is 2.64. The van der Waals surface area contributed by atoms with E-state index in [0.717, 1.165) is 31.8 Å². The van der Waals surface area contributed by atoms with Gasteiger partial charge in [-0.2, -0.15) is 0 Å². The van der Waals surface area contributed by atoms with Gasteiger partial charge in [0.2, 0.25) is 17.7 Å². The van der Waals surface area contributed by atoms with Crippen molar-refractivity contribution in [1.29, 1.82) is 0 Å². The van der Waals surface area contributed by atoms with Crippen LogP contribution in [0.3, 0.4) is 0 Å². The third-order valence-corrected chi connectivity index (χ3v) is 4.73. The highest BCUT2D eigenvalue weighted by Gasteiger charge is 2.25. The number of carbonyl (C=O) groups excluding carboxylic acids is 3. The number of rotatable bonds is 4. The van der Waals surface area contributed by atoms with Crippen LogP contribution >= 0.6 is 0 Å². The highest BCUT2D eigenvalue weighted by atomic mass is 16.2. The molecule has 0 radical (unpaired) electrons. The van der Waals surface area contributed by atoms with Gasteiger partial charge in [0.15, 0.2) is 0 Å². The van der Waals surface area contributed by atoms with Crippen LogP contribution in [0.15, 0.2) is 0 Å². The second-order valence-electron chi connectivity index (χ2n) is 6.98. The van der Waals surface area contributed by atoms with Gasteiger partial charge in [-0.15, -0.1) is 0 Å². The smallest absolute Gasteiger partial charge is 0.227 e.